The summed E-state index contributed by atoms with van der Waals surface area (Å²) in [5, 5.41) is 9.31. The summed E-state index contributed by atoms with van der Waals surface area (Å²) in [6.07, 6.45) is 4.84. The van der Waals surface area contributed by atoms with Gasteiger partial charge in [-0.1, -0.05) is 6.42 Å². The first-order valence-corrected chi connectivity index (χ1v) is 7.93. The molecule has 0 radical (unpaired) electrons. The number of rotatable bonds is 9. The van der Waals surface area contributed by atoms with Gasteiger partial charge in [0.2, 0.25) is 5.91 Å². The average molecular weight is 298 g/mol. The number of nitrogens with one attached hydrogen (secondary N) is 3. The summed E-state index contributed by atoms with van der Waals surface area (Å²) in [6.45, 7) is 7.19. The molecule has 0 heterocycles. The molecule has 1 rings (SSSR count). The molecule has 0 atom stereocenters. The third kappa shape index (κ3) is 6.33. The molecule has 0 bridgehead atoms. The van der Waals surface area contributed by atoms with Gasteiger partial charge in [0.25, 0.3) is 0 Å². The third-order valence-electron chi connectivity index (χ3n) is 3.98. The molecule has 21 heavy (non-hydrogen) atoms. The zero-order valence-corrected chi connectivity index (χ0v) is 13.6. The third-order valence-corrected chi connectivity index (χ3v) is 3.98. The fourth-order valence-electron chi connectivity index (χ4n) is 2.53. The van der Waals surface area contributed by atoms with Crippen molar-refractivity contribution in [2.75, 3.05) is 39.9 Å². The Morgan fingerprint density at radius 3 is 2.43 bits per heavy atom. The van der Waals surface area contributed by atoms with Gasteiger partial charge in [-0.3, -0.25) is 4.79 Å². The molecule has 0 unspecified atom stereocenters. The lowest BCUT2D eigenvalue weighted by Gasteiger charge is -2.42. The van der Waals surface area contributed by atoms with E-state index in [1.807, 2.05) is 13.8 Å². The molecule has 0 spiro atoms. The molecule has 0 aliphatic heterocycles. The highest BCUT2D eigenvalue weighted by Crippen LogP contribution is 2.43. The minimum atomic E-state index is -0.0487. The average Bonchev–Trinajstić information content (AvgIpc) is 2.43. The number of guanidine groups is 1. The monoisotopic (exact) mass is 298 g/mol. The SMILES string of the molecule is CCNC(=O)CN=C(NCC)NCC1(CCOC)CCC1. The number of ether oxygens (including phenoxy) is 1. The van der Waals surface area contributed by atoms with Crippen molar-refractivity contribution in [3.8, 4) is 0 Å². The lowest BCUT2D eigenvalue weighted by molar-refractivity contribution is -0.119. The van der Waals surface area contributed by atoms with E-state index in [4.69, 9.17) is 4.74 Å². The Kier molecular flexibility index (Phi) is 8.12. The second kappa shape index (κ2) is 9.60. The summed E-state index contributed by atoms with van der Waals surface area (Å²) >= 11 is 0. The summed E-state index contributed by atoms with van der Waals surface area (Å²) in [6, 6.07) is 0. The fraction of sp³-hybridized carbons (Fsp3) is 0.867. The van der Waals surface area contributed by atoms with Crippen molar-refractivity contribution in [3.05, 3.63) is 0 Å². The van der Waals surface area contributed by atoms with Crippen LogP contribution >= 0.6 is 0 Å². The number of methoxy groups -OCH3 is 1. The molecule has 122 valence electrons. The Labute approximate surface area is 128 Å². The predicted molar refractivity (Wildman–Crippen MR) is 85.4 cm³/mol. The standard InChI is InChI=1S/C15H30N4O2/c1-4-16-13(20)11-18-14(17-5-2)19-12-15(7-6-8-15)9-10-21-3/h4-12H2,1-3H3,(H,16,20)(H2,17,18,19). The molecule has 1 aliphatic carbocycles. The van der Waals surface area contributed by atoms with E-state index < -0.39 is 0 Å². The molecule has 1 saturated carbocycles. The Hall–Kier alpha value is -1.30. The predicted octanol–water partition coefficient (Wildman–Crippen LogP) is 0.884. The van der Waals surface area contributed by atoms with Gasteiger partial charge in [0.05, 0.1) is 0 Å². The van der Waals surface area contributed by atoms with Crippen molar-refractivity contribution in [2.45, 2.75) is 39.5 Å². The summed E-state index contributed by atoms with van der Waals surface area (Å²) in [7, 11) is 1.75. The summed E-state index contributed by atoms with van der Waals surface area (Å²) in [4.78, 5) is 15.8. The second-order valence-electron chi connectivity index (χ2n) is 5.60. The van der Waals surface area contributed by atoms with Gasteiger partial charge in [0, 0.05) is 33.4 Å². The van der Waals surface area contributed by atoms with Gasteiger partial charge >= 0.3 is 0 Å². The molecule has 0 saturated heterocycles. The number of aliphatic imine (C=N–C) groups is 1. The van der Waals surface area contributed by atoms with Crippen molar-refractivity contribution >= 4 is 11.9 Å². The molecule has 0 aromatic carbocycles. The highest BCUT2D eigenvalue weighted by molar-refractivity contribution is 5.84. The van der Waals surface area contributed by atoms with Crippen LogP contribution in [-0.2, 0) is 9.53 Å². The zero-order valence-electron chi connectivity index (χ0n) is 13.6. The first-order valence-electron chi connectivity index (χ1n) is 7.93. The van der Waals surface area contributed by atoms with E-state index in [-0.39, 0.29) is 12.5 Å². The van der Waals surface area contributed by atoms with E-state index >= 15 is 0 Å². The van der Waals surface area contributed by atoms with Crippen molar-refractivity contribution in [2.24, 2.45) is 10.4 Å². The summed E-state index contributed by atoms with van der Waals surface area (Å²) in [5.74, 6) is 0.667. The van der Waals surface area contributed by atoms with Crippen LogP contribution in [0.2, 0.25) is 0 Å². The van der Waals surface area contributed by atoms with E-state index in [9.17, 15) is 4.79 Å². The van der Waals surface area contributed by atoms with Crippen LogP contribution in [0.4, 0.5) is 0 Å². The minimum Gasteiger partial charge on any atom is -0.385 e. The van der Waals surface area contributed by atoms with Gasteiger partial charge in [-0.05, 0) is 38.5 Å². The van der Waals surface area contributed by atoms with Crippen molar-refractivity contribution in [1.82, 2.24) is 16.0 Å². The summed E-state index contributed by atoms with van der Waals surface area (Å²) < 4.78 is 5.21. The van der Waals surface area contributed by atoms with Crippen LogP contribution in [0, 0.1) is 5.41 Å². The first kappa shape index (κ1) is 17.8. The van der Waals surface area contributed by atoms with Crippen LogP contribution in [0.3, 0.4) is 0 Å². The van der Waals surface area contributed by atoms with Gasteiger partial charge in [-0.2, -0.15) is 0 Å². The van der Waals surface area contributed by atoms with E-state index in [2.05, 4.69) is 20.9 Å². The maximum absolute atomic E-state index is 11.5. The molecule has 6 nitrogen and oxygen atoms in total. The van der Waals surface area contributed by atoms with Crippen molar-refractivity contribution in [3.63, 3.8) is 0 Å². The normalized spacial score (nSPS) is 17.0. The molecule has 1 aliphatic rings. The van der Waals surface area contributed by atoms with Crippen molar-refractivity contribution in [1.29, 1.82) is 0 Å². The molecular formula is C15H30N4O2. The van der Waals surface area contributed by atoms with Crippen LogP contribution in [0.25, 0.3) is 0 Å². The topological polar surface area (TPSA) is 74.8 Å². The van der Waals surface area contributed by atoms with Crippen LogP contribution < -0.4 is 16.0 Å². The Bertz CT molecular complexity index is 341. The van der Waals surface area contributed by atoms with E-state index in [1.165, 1.54) is 19.3 Å². The number of hydrogen-bond donors (Lipinski definition) is 3. The number of amides is 1. The minimum absolute atomic E-state index is 0.0487. The lowest BCUT2D eigenvalue weighted by atomic mass is 9.67. The van der Waals surface area contributed by atoms with E-state index in [1.54, 1.807) is 7.11 Å². The van der Waals surface area contributed by atoms with Gasteiger partial charge in [-0.25, -0.2) is 4.99 Å². The van der Waals surface area contributed by atoms with Gasteiger partial charge in [-0.15, -0.1) is 0 Å². The largest absolute Gasteiger partial charge is 0.385 e. The number of likely N-dealkylation sites (N-methyl/N-ethyl adjacent to an activating group) is 1. The maximum atomic E-state index is 11.5. The quantitative estimate of drug-likeness (QED) is 0.436. The molecule has 0 aromatic heterocycles. The fourth-order valence-corrected chi connectivity index (χ4v) is 2.53. The van der Waals surface area contributed by atoms with Crippen molar-refractivity contribution < 1.29 is 9.53 Å². The molecule has 3 N–H and O–H groups in total. The molecule has 6 heteroatoms. The smallest absolute Gasteiger partial charge is 0.241 e. The van der Waals surface area contributed by atoms with Gasteiger partial charge < -0.3 is 20.7 Å². The van der Waals surface area contributed by atoms with Crippen LogP contribution in [-0.4, -0.2) is 51.8 Å². The maximum Gasteiger partial charge on any atom is 0.241 e. The Morgan fingerprint density at radius 2 is 1.90 bits per heavy atom. The molecular weight excluding hydrogens is 268 g/mol. The molecule has 1 amide bonds. The summed E-state index contributed by atoms with van der Waals surface area (Å²) in [5.41, 5.74) is 0.331. The highest BCUT2D eigenvalue weighted by atomic mass is 16.5. The second-order valence-corrected chi connectivity index (χ2v) is 5.60. The number of hydrogen-bond acceptors (Lipinski definition) is 3. The Balaban J connectivity index is 2.45. The van der Waals surface area contributed by atoms with Gasteiger partial charge in [0.15, 0.2) is 5.96 Å². The van der Waals surface area contributed by atoms with Crippen LogP contribution in [0.1, 0.15) is 39.5 Å². The van der Waals surface area contributed by atoms with E-state index in [0.717, 1.165) is 26.1 Å². The molecule has 1 fully saturated rings. The number of nitrogens with zero attached hydrogens (tertiary/aromatic N) is 1. The van der Waals surface area contributed by atoms with Gasteiger partial charge in [0.1, 0.15) is 6.54 Å². The van der Waals surface area contributed by atoms with E-state index in [0.29, 0.717) is 17.9 Å². The molecule has 0 aromatic rings. The zero-order chi connectivity index (χ0) is 15.6. The number of carbonyl (C=O) groups is 1. The lowest BCUT2D eigenvalue weighted by Crippen LogP contribution is -2.47. The Morgan fingerprint density at radius 1 is 1.19 bits per heavy atom. The highest BCUT2D eigenvalue weighted by Gasteiger charge is 2.36. The van der Waals surface area contributed by atoms with Crippen LogP contribution in [0.15, 0.2) is 4.99 Å². The van der Waals surface area contributed by atoms with Crippen LogP contribution in [0.5, 0.6) is 0 Å². The first-order chi connectivity index (χ1) is 10.2. The number of carbonyl (C=O) groups excluding carboxylic acids is 1.